The van der Waals surface area contributed by atoms with Crippen LogP contribution in [0.3, 0.4) is 0 Å². The molecule has 6 heteroatoms. The molecule has 2 aromatic rings. The summed E-state index contributed by atoms with van der Waals surface area (Å²) in [5.41, 5.74) is 0.832. The number of likely N-dealkylation sites (N-methyl/N-ethyl adjacent to an activating group) is 1. The van der Waals surface area contributed by atoms with Gasteiger partial charge in [0, 0.05) is 23.2 Å². The van der Waals surface area contributed by atoms with E-state index in [-0.39, 0.29) is 5.91 Å². The van der Waals surface area contributed by atoms with Gasteiger partial charge in [-0.25, -0.2) is 0 Å². The predicted molar refractivity (Wildman–Crippen MR) is 106 cm³/mol. The number of ether oxygens (including phenoxy) is 3. The zero-order valence-electron chi connectivity index (χ0n) is 15.1. The molecular formula is C20H22BrNO4. The Kier molecular flexibility index (Phi) is 7.53. The van der Waals surface area contributed by atoms with Gasteiger partial charge >= 0.3 is 0 Å². The molecule has 2 rings (SSSR count). The van der Waals surface area contributed by atoms with Crippen LogP contribution >= 0.6 is 15.9 Å². The number of amides is 1. The van der Waals surface area contributed by atoms with Gasteiger partial charge in [-0.15, -0.1) is 0 Å². The molecule has 0 spiro atoms. The second-order valence-corrected chi connectivity index (χ2v) is 6.42. The normalized spacial score (nSPS) is 10.6. The van der Waals surface area contributed by atoms with E-state index in [4.69, 9.17) is 14.2 Å². The summed E-state index contributed by atoms with van der Waals surface area (Å²) in [6.07, 6.45) is 3.27. The third-order valence-corrected chi connectivity index (χ3v) is 4.22. The van der Waals surface area contributed by atoms with Crippen molar-refractivity contribution in [2.24, 2.45) is 0 Å². The molecule has 0 saturated carbocycles. The van der Waals surface area contributed by atoms with Crippen molar-refractivity contribution in [1.82, 2.24) is 4.90 Å². The molecule has 0 fully saturated rings. The minimum atomic E-state index is -0.106. The topological polar surface area (TPSA) is 48.0 Å². The van der Waals surface area contributed by atoms with Gasteiger partial charge in [-0.3, -0.25) is 4.79 Å². The molecule has 2 aromatic carbocycles. The van der Waals surface area contributed by atoms with Crippen molar-refractivity contribution in [1.29, 1.82) is 0 Å². The molecule has 0 bridgehead atoms. The number of hydrogen-bond acceptors (Lipinski definition) is 4. The Morgan fingerprint density at radius 3 is 2.42 bits per heavy atom. The van der Waals surface area contributed by atoms with Gasteiger partial charge in [0.25, 0.3) is 0 Å². The van der Waals surface area contributed by atoms with Crippen molar-refractivity contribution in [2.75, 3.05) is 34.4 Å². The fourth-order valence-corrected chi connectivity index (χ4v) is 2.59. The molecule has 0 atom stereocenters. The van der Waals surface area contributed by atoms with Crippen molar-refractivity contribution >= 4 is 27.9 Å². The zero-order valence-corrected chi connectivity index (χ0v) is 16.7. The lowest BCUT2D eigenvalue weighted by atomic mass is 10.2. The van der Waals surface area contributed by atoms with Crippen LogP contribution in [0.15, 0.2) is 53.0 Å². The van der Waals surface area contributed by atoms with Gasteiger partial charge in [-0.1, -0.05) is 15.9 Å². The zero-order chi connectivity index (χ0) is 18.9. The quantitative estimate of drug-likeness (QED) is 0.606. The molecule has 0 saturated heterocycles. The van der Waals surface area contributed by atoms with E-state index in [0.29, 0.717) is 18.9 Å². The third kappa shape index (κ3) is 5.81. The highest BCUT2D eigenvalue weighted by Crippen LogP contribution is 2.24. The van der Waals surface area contributed by atoms with Crippen LogP contribution in [0.1, 0.15) is 5.56 Å². The van der Waals surface area contributed by atoms with Gasteiger partial charge in [0.15, 0.2) is 0 Å². The van der Waals surface area contributed by atoms with Crippen LogP contribution in [-0.4, -0.2) is 45.2 Å². The van der Waals surface area contributed by atoms with Crippen LogP contribution in [0, 0.1) is 0 Å². The Labute approximate surface area is 162 Å². The van der Waals surface area contributed by atoms with Gasteiger partial charge in [-0.05, 0) is 48.5 Å². The molecule has 0 aromatic heterocycles. The first-order valence-electron chi connectivity index (χ1n) is 8.07. The van der Waals surface area contributed by atoms with E-state index in [1.165, 1.54) is 6.08 Å². The lowest BCUT2D eigenvalue weighted by Gasteiger charge is -2.16. The minimum absolute atomic E-state index is 0.106. The third-order valence-electron chi connectivity index (χ3n) is 3.73. The minimum Gasteiger partial charge on any atom is -0.497 e. The average Bonchev–Trinajstić information content (AvgIpc) is 2.66. The first-order chi connectivity index (χ1) is 12.5. The van der Waals surface area contributed by atoms with Gasteiger partial charge in [-0.2, -0.15) is 0 Å². The smallest absolute Gasteiger partial charge is 0.246 e. The summed E-state index contributed by atoms with van der Waals surface area (Å²) in [7, 11) is 4.96. The van der Waals surface area contributed by atoms with E-state index in [2.05, 4.69) is 15.9 Å². The van der Waals surface area contributed by atoms with Gasteiger partial charge in [0.05, 0.1) is 20.8 Å². The fourth-order valence-electron chi connectivity index (χ4n) is 2.21. The highest BCUT2D eigenvalue weighted by Gasteiger charge is 2.06. The molecular weight excluding hydrogens is 398 g/mol. The number of halogens is 1. The maximum atomic E-state index is 12.2. The Hall–Kier alpha value is -2.47. The van der Waals surface area contributed by atoms with E-state index in [9.17, 15) is 4.79 Å². The molecule has 138 valence electrons. The maximum Gasteiger partial charge on any atom is 0.246 e. The van der Waals surface area contributed by atoms with Crippen molar-refractivity contribution in [3.05, 3.63) is 58.6 Å². The summed E-state index contributed by atoms with van der Waals surface area (Å²) < 4.78 is 17.0. The Balaban J connectivity index is 1.86. The van der Waals surface area contributed by atoms with Gasteiger partial charge in [0.2, 0.25) is 5.91 Å². The summed E-state index contributed by atoms with van der Waals surface area (Å²) in [4.78, 5) is 13.8. The molecule has 0 aliphatic rings. The highest BCUT2D eigenvalue weighted by atomic mass is 79.9. The van der Waals surface area contributed by atoms with Crippen LogP contribution in [0.4, 0.5) is 0 Å². The number of carbonyl (C=O) groups is 1. The Morgan fingerprint density at radius 2 is 1.77 bits per heavy atom. The Bertz CT molecular complexity index is 759. The molecule has 5 nitrogen and oxygen atoms in total. The van der Waals surface area contributed by atoms with Crippen molar-refractivity contribution < 1.29 is 19.0 Å². The lowest BCUT2D eigenvalue weighted by molar-refractivity contribution is -0.125. The number of nitrogens with zero attached hydrogens (tertiary/aromatic N) is 1. The van der Waals surface area contributed by atoms with E-state index in [1.807, 2.05) is 42.5 Å². The summed E-state index contributed by atoms with van der Waals surface area (Å²) in [6, 6.07) is 13.0. The molecule has 1 amide bonds. The van der Waals surface area contributed by atoms with Gasteiger partial charge < -0.3 is 19.1 Å². The SMILES string of the molecule is COc1ccc(OCCN(C)C(=O)/C=C/c2cc(Br)ccc2OC)cc1. The van der Waals surface area contributed by atoms with Crippen LogP contribution in [0.2, 0.25) is 0 Å². The van der Waals surface area contributed by atoms with Crippen molar-refractivity contribution in [3.63, 3.8) is 0 Å². The molecule has 0 radical (unpaired) electrons. The van der Waals surface area contributed by atoms with E-state index in [1.54, 1.807) is 32.2 Å². The molecule has 0 unspecified atom stereocenters. The second-order valence-electron chi connectivity index (χ2n) is 5.50. The fraction of sp³-hybridized carbons (Fsp3) is 0.250. The van der Waals surface area contributed by atoms with Gasteiger partial charge in [0.1, 0.15) is 23.9 Å². The van der Waals surface area contributed by atoms with Crippen molar-refractivity contribution in [3.8, 4) is 17.2 Å². The van der Waals surface area contributed by atoms with Crippen LogP contribution in [0.5, 0.6) is 17.2 Å². The van der Waals surface area contributed by atoms with Crippen LogP contribution in [-0.2, 0) is 4.79 Å². The van der Waals surface area contributed by atoms with Crippen LogP contribution < -0.4 is 14.2 Å². The number of carbonyl (C=O) groups excluding carboxylic acids is 1. The van der Waals surface area contributed by atoms with Crippen LogP contribution in [0.25, 0.3) is 6.08 Å². The molecule has 26 heavy (non-hydrogen) atoms. The molecule has 0 N–H and O–H groups in total. The van der Waals surface area contributed by atoms with E-state index in [0.717, 1.165) is 21.5 Å². The largest absolute Gasteiger partial charge is 0.497 e. The van der Waals surface area contributed by atoms with Crippen molar-refractivity contribution in [2.45, 2.75) is 0 Å². The number of benzene rings is 2. The molecule has 0 aliphatic heterocycles. The summed E-state index contributed by atoms with van der Waals surface area (Å²) in [5, 5.41) is 0. The molecule has 0 aliphatic carbocycles. The summed E-state index contributed by atoms with van der Waals surface area (Å²) in [5.74, 6) is 2.12. The monoisotopic (exact) mass is 419 g/mol. The number of hydrogen-bond donors (Lipinski definition) is 0. The van der Waals surface area contributed by atoms with E-state index < -0.39 is 0 Å². The predicted octanol–water partition coefficient (Wildman–Crippen LogP) is 4.02. The second kappa shape index (κ2) is 9.87. The average molecular weight is 420 g/mol. The highest BCUT2D eigenvalue weighted by molar-refractivity contribution is 9.10. The van der Waals surface area contributed by atoms with E-state index >= 15 is 0 Å². The Morgan fingerprint density at radius 1 is 1.08 bits per heavy atom. The summed E-state index contributed by atoms with van der Waals surface area (Å²) in [6.45, 7) is 0.882. The maximum absolute atomic E-state index is 12.2. The number of methoxy groups -OCH3 is 2. The molecule has 0 heterocycles. The standard InChI is InChI=1S/C20H22BrNO4/c1-22(12-13-26-18-8-6-17(24-2)7-9-18)20(23)11-4-15-14-16(21)5-10-19(15)25-3/h4-11,14H,12-13H2,1-3H3/b11-4+. The lowest BCUT2D eigenvalue weighted by Crippen LogP contribution is -2.29. The first kappa shape index (κ1) is 19.8. The number of rotatable bonds is 8. The summed E-state index contributed by atoms with van der Waals surface area (Å²) >= 11 is 3.42. The first-order valence-corrected chi connectivity index (χ1v) is 8.86.